The Morgan fingerprint density at radius 1 is 1.45 bits per heavy atom. The van der Waals surface area contributed by atoms with E-state index in [-0.39, 0.29) is 23.7 Å². The molecule has 1 amide bonds. The fraction of sp³-hybridized carbons (Fsp3) is 0.533. The summed E-state index contributed by atoms with van der Waals surface area (Å²) in [4.78, 5) is 14.7. The average Bonchev–Trinajstić information content (AvgIpc) is 3.09. The number of amides is 1. The Labute approximate surface area is 130 Å². The number of carbonyl (C=O) groups excluding carboxylic acids is 1. The number of nitrogens with zero attached hydrogens (tertiary/aromatic N) is 1. The van der Waals surface area contributed by atoms with Gasteiger partial charge in [0.25, 0.3) is 0 Å². The molecule has 20 heavy (non-hydrogen) atoms. The van der Waals surface area contributed by atoms with Crippen LogP contribution in [0.4, 0.5) is 0 Å². The molecule has 5 heteroatoms. The third kappa shape index (κ3) is 2.67. The third-order valence-electron chi connectivity index (χ3n) is 4.44. The number of rotatable bonds is 3. The van der Waals surface area contributed by atoms with E-state index in [9.17, 15) is 4.79 Å². The molecule has 0 radical (unpaired) electrons. The van der Waals surface area contributed by atoms with Crippen LogP contribution in [-0.4, -0.2) is 30.4 Å². The molecule has 1 aliphatic carbocycles. The molecule has 3 nitrogen and oxygen atoms in total. The zero-order valence-corrected chi connectivity index (χ0v) is 12.9. The molecule has 2 fully saturated rings. The van der Waals surface area contributed by atoms with Gasteiger partial charge < -0.3 is 10.6 Å². The van der Waals surface area contributed by atoms with E-state index in [1.807, 2.05) is 29.2 Å². The van der Waals surface area contributed by atoms with Crippen LogP contribution in [0.3, 0.4) is 0 Å². The van der Waals surface area contributed by atoms with Crippen molar-refractivity contribution in [2.24, 2.45) is 11.7 Å². The van der Waals surface area contributed by atoms with E-state index in [2.05, 4.69) is 0 Å². The van der Waals surface area contributed by atoms with Crippen molar-refractivity contribution in [3.63, 3.8) is 0 Å². The second-order valence-corrected chi connectivity index (χ2v) is 6.17. The van der Waals surface area contributed by atoms with Gasteiger partial charge in [-0.1, -0.05) is 23.7 Å². The van der Waals surface area contributed by atoms with Gasteiger partial charge in [-0.15, -0.1) is 12.4 Å². The first-order valence-corrected chi connectivity index (χ1v) is 7.29. The first kappa shape index (κ1) is 15.6. The Balaban J connectivity index is 0.00000147. The van der Waals surface area contributed by atoms with Crippen LogP contribution in [0.25, 0.3) is 0 Å². The molecule has 1 saturated carbocycles. The third-order valence-corrected chi connectivity index (χ3v) is 4.68. The molecule has 1 heterocycles. The minimum absolute atomic E-state index is 0. The van der Waals surface area contributed by atoms with Crippen LogP contribution in [0.5, 0.6) is 0 Å². The van der Waals surface area contributed by atoms with Crippen LogP contribution in [0, 0.1) is 5.92 Å². The van der Waals surface area contributed by atoms with Crippen LogP contribution < -0.4 is 5.73 Å². The first-order valence-electron chi connectivity index (χ1n) is 6.91. The SMILES string of the molecule is Cl.NCC1CCN(C(=O)C2(c3cccc(Cl)c3)CC2)C1. The number of halogens is 2. The summed E-state index contributed by atoms with van der Waals surface area (Å²) in [6, 6.07) is 7.74. The Kier molecular flexibility index (Phi) is 4.62. The normalized spacial score (nSPS) is 23.3. The molecule has 1 saturated heterocycles. The number of carbonyl (C=O) groups is 1. The van der Waals surface area contributed by atoms with Crippen molar-refractivity contribution in [1.82, 2.24) is 4.90 Å². The van der Waals surface area contributed by atoms with Crippen LogP contribution in [0.1, 0.15) is 24.8 Å². The monoisotopic (exact) mass is 314 g/mol. The summed E-state index contributed by atoms with van der Waals surface area (Å²) in [6.07, 6.45) is 2.92. The number of hydrogen-bond acceptors (Lipinski definition) is 2. The van der Waals surface area contributed by atoms with Crippen molar-refractivity contribution >= 4 is 29.9 Å². The van der Waals surface area contributed by atoms with Crippen LogP contribution in [0.15, 0.2) is 24.3 Å². The van der Waals surface area contributed by atoms with E-state index >= 15 is 0 Å². The molecule has 2 N–H and O–H groups in total. The number of nitrogens with two attached hydrogens (primary N) is 1. The smallest absolute Gasteiger partial charge is 0.233 e. The maximum absolute atomic E-state index is 12.7. The van der Waals surface area contributed by atoms with Gasteiger partial charge in [-0.2, -0.15) is 0 Å². The van der Waals surface area contributed by atoms with Crippen molar-refractivity contribution < 1.29 is 4.79 Å². The summed E-state index contributed by atoms with van der Waals surface area (Å²) in [6.45, 7) is 2.34. The van der Waals surface area contributed by atoms with E-state index in [4.69, 9.17) is 17.3 Å². The van der Waals surface area contributed by atoms with Gasteiger partial charge in [0, 0.05) is 18.1 Å². The van der Waals surface area contributed by atoms with Gasteiger partial charge in [-0.25, -0.2) is 0 Å². The van der Waals surface area contributed by atoms with Gasteiger partial charge in [0.1, 0.15) is 0 Å². The van der Waals surface area contributed by atoms with E-state index in [1.165, 1.54) is 0 Å². The molecular weight excluding hydrogens is 295 g/mol. The van der Waals surface area contributed by atoms with Crippen LogP contribution >= 0.6 is 24.0 Å². The summed E-state index contributed by atoms with van der Waals surface area (Å²) in [5, 5.41) is 0.706. The van der Waals surface area contributed by atoms with Gasteiger partial charge >= 0.3 is 0 Å². The summed E-state index contributed by atoms with van der Waals surface area (Å²) < 4.78 is 0. The first-order chi connectivity index (χ1) is 9.15. The van der Waals surface area contributed by atoms with Gasteiger partial charge in [0.05, 0.1) is 5.41 Å². The Bertz CT molecular complexity index is 502. The molecule has 1 aliphatic heterocycles. The number of hydrogen-bond donors (Lipinski definition) is 1. The lowest BCUT2D eigenvalue weighted by molar-refractivity contribution is -0.133. The fourth-order valence-corrected chi connectivity index (χ4v) is 3.24. The lowest BCUT2D eigenvalue weighted by atomic mass is 9.94. The van der Waals surface area contributed by atoms with Crippen molar-refractivity contribution in [3.05, 3.63) is 34.9 Å². The molecule has 0 spiro atoms. The highest BCUT2D eigenvalue weighted by Crippen LogP contribution is 2.50. The van der Waals surface area contributed by atoms with Gasteiger partial charge in [0.15, 0.2) is 0 Å². The molecule has 1 aromatic rings. The molecular formula is C15H20Cl2N2O. The second-order valence-electron chi connectivity index (χ2n) is 5.73. The topological polar surface area (TPSA) is 46.3 Å². The summed E-state index contributed by atoms with van der Waals surface area (Å²) in [5.74, 6) is 0.741. The van der Waals surface area contributed by atoms with E-state index in [0.29, 0.717) is 17.5 Å². The maximum Gasteiger partial charge on any atom is 0.233 e. The van der Waals surface area contributed by atoms with Crippen molar-refractivity contribution in [3.8, 4) is 0 Å². The van der Waals surface area contributed by atoms with Gasteiger partial charge in [-0.05, 0) is 49.4 Å². The molecule has 1 aromatic carbocycles. The molecule has 0 aromatic heterocycles. The lowest BCUT2D eigenvalue weighted by Gasteiger charge is -2.23. The molecule has 1 unspecified atom stereocenters. The quantitative estimate of drug-likeness (QED) is 0.932. The predicted octanol–water partition coefficient (Wildman–Crippen LogP) is 2.60. The molecule has 0 bridgehead atoms. The fourth-order valence-electron chi connectivity index (χ4n) is 3.05. The van der Waals surface area contributed by atoms with E-state index in [0.717, 1.165) is 37.9 Å². The highest BCUT2D eigenvalue weighted by molar-refractivity contribution is 6.30. The Hall–Kier alpha value is -0.770. The Morgan fingerprint density at radius 2 is 2.20 bits per heavy atom. The molecule has 1 atom stereocenters. The lowest BCUT2D eigenvalue weighted by Crippen LogP contribution is -2.38. The maximum atomic E-state index is 12.7. The van der Waals surface area contributed by atoms with Gasteiger partial charge in [-0.3, -0.25) is 4.79 Å². The van der Waals surface area contributed by atoms with Crippen LogP contribution in [0.2, 0.25) is 5.02 Å². The summed E-state index contributed by atoms with van der Waals surface area (Å²) in [7, 11) is 0. The van der Waals surface area contributed by atoms with Crippen molar-refractivity contribution in [2.75, 3.05) is 19.6 Å². The second kappa shape index (κ2) is 5.92. The zero-order valence-electron chi connectivity index (χ0n) is 11.3. The van der Waals surface area contributed by atoms with Crippen LogP contribution in [-0.2, 0) is 10.2 Å². The zero-order chi connectivity index (χ0) is 13.5. The van der Waals surface area contributed by atoms with E-state index < -0.39 is 0 Å². The standard InChI is InChI=1S/C15H19ClN2O.ClH/c16-13-3-1-2-12(8-13)15(5-6-15)14(19)18-7-4-11(9-17)10-18;/h1-3,8,11H,4-7,9-10,17H2;1H. The largest absolute Gasteiger partial charge is 0.342 e. The average molecular weight is 315 g/mol. The minimum Gasteiger partial charge on any atom is -0.342 e. The number of benzene rings is 1. The molecule has 110 valence electrons. The van der Waals surface area contributed by atoms with Crippen molar-refractivity contribution in [1.29, 1.82) is 0 Å². The number of likely N-dealkylation sites (tertiary alicyclic amines) is 1. The summed E-state index contributed by atoms with van der Waals surface area (Å²) >= 11 is 6.05. The van der Waals surface area contributed by atoms with Crippen molar-refractivity contribution in [2.45, 2.75) is 24.7 Å². The van der Waals surface area contributed by atoms with E-state index in [1.54, 1.807) is 0 Å². The highest BCUT2D eigenvalue weighted by atomic mass is 35.5. The summed E-state index contributed by atoms with van der Waals surface area (Å²) in [5.41, 5.74) is 6.47. The Morgan fingerprint density at radius 3 is 2.75 bits per heavy atom. The van der Waals surface area contributed by atoms with Gasteiger partial charge in [0.2, 0.25) is 5.91 Å². The predicted molar refractivity (Wildman–Crippen MR) is 83.4 cm³/mol. The highest BCUT2D eigenvalue weighted by Gasteiger charge is 2.53. The minimum atomic E-state index is -0.297. The molecule has 3 rings (SSSR count). The molecule has 2 aliphatic rings.